The molecule has 0 aliphatic rings. The molecule has 12 rings (SSSR count). The largest absolute Gasteiger partial charge is 0.456 e. The maximum Gasteiger partial charge on any atom is 0.136 e. The number of furan rings is 1. The second kappa shape index (κ2) is 14.4. The van der Waals surface area contributed by atoms with Gasteiger partial charge in [-0.2, -0.15) is 0 Å². The Balaban J connectivity index is 1.24. The lowest BCUT2D eigenvalue weighted by Gasteiger charge is -2.24. The van der Waals surface area contributed by atoms with Crippen molar-refractivity contribution in [1.29, 1.82) is 0 Å². The summed E-state index contributed by atoms with van der Waals surface area (Å²) < 4.78 is 6.45. The van der Waals surface area contributed by atoms with Crippen molar-refractivity contribution in [3.63, 3.8) is 0 Å². The maximum atomic E-state index is 6.45. The van der Waals surface area contributed by atoms with Gasteiger partial charge < -0.3 is 4.42 Å². The number of hydrogen-bond donors (Lipinski definition) is 0. The van der Waals surface area contributed by atoms with Gasteiger partial charge in [-0.15, -0.1) is 0 Å². The number of fused-ring (bicyclic) bond motifs is 6. The summed E-state index contributed by atoms with van der Waals surface area (Å²) >= 11 is 0. The molecule has 0 aliphatic carbocycles. The fraction of sp³-hybridized carbons (Fsp3) is 0. The monoisotopic (exact) mass is 774 g/mol. The summed E-state index contributed by atoms with van der Waals surface area (Å²) in [6.45, 7) is 0. The minimum absolute atomic E-state index is 0.895. The third kappa shape index (κ3) is 5.63. The van der Waals surface area contributed by atoms with E-state index in [0.29, 0.717) is 0 Å². The topological polar surface area (TPSA) is 13.1 Å². The molecule has 61 heavy (non-hydrogen) atoms. The van der Waals surface area contributed by atoms with E-state index in [9.17, 15) is 0 Å². The molecule has 1 nitrogen and oxygen atoms in total. The molecule has 11 aromatic carbocycles. The minimum Gasteiger partial charge on any atom is -0.456 e. The van der Waals surface area contributed by atoms with Gasteiger partial charge in [-0.3, -0.25) is 0 Å². The summed E-state index contributed by atoms with van der Waals surface area (Å²) in [4.78, 5) is 0. The average Bonchev–Trinajstić information content (AvgIpc) is 3.73. The highest BCUT2D eigenvalue weighted by atomic mass is 16.3. The quantitative estimate of drug-likeness (QED) is 0.153. The van der Waals surface area contributed by atoms with E-state index in [1.165, 1.54) is 99.1 Å². The van der Waals surface area contributed by atoms with Gasteiger partial charge in [0, 0.05) is 10.8 Å². The molecular formula is C60H38O. The van der Waals surface area contributed by atoms with Crippen molar-refractivity contribution in [2.45, 2.75) is 0 Å². The highest BCUT2D eigenvalue weighted by Crippen LogP contribution is 2.53. The molecule has 1 heterocycles. The molecule has 0 fully saturated rings. The molecule has 0 aliphatic heterocycles. The Morgan fingerprint density at radius 3 is 1.13 bits per heavy atom. The highest BCUT2D eigenvalue weighted by molar-refractivity contribution is 6.28. The van der Waals surface area contributed by atoms with Gasteiger partial charge in [-0.1, -0.05) is 212 Å². The lowest BCUT2D eigenvalue weighted by molar-refractivity contribution is 0.669. The first kappa shape index (κ1) is 35.0. The molecule has 0 unspecified atom stereocenters. The van der Waals surface area contributed by atoms with Crippen LogP contribution in [0.25, 0.3) is 121 Å². The van der Waals surface area contributed by atoms with Crippen molar-refractivity contribution in [2.75, 3.05) is 0 Å². The van der Waals surface area contributed by atoms with Crippen molar-refractivity contribution < 1.29 is 4.42 Å². The third-order valence-corrected chi connectivity index (χ3v) is 12.5. The zero-order chi connectivity index (χ0) is 40.3. The van der Waals surface area contributed by atoms with Crippen LogP contribution in [0.1, 0.15) is 0 Å². The minimum atomic E-state index is 0.895. The van der Waals surface area contributed by atoms with Gasteiger partial charge >= 0.3 is 0 Å². The standard InChI is InChI=1S/C60H38O/c1-4-20-39(21-5-1)42-33-18-34-43(40-22-6-2-7-23-40)57(42)58-46-28-12-14-30-48(46)59(49-31-15-13-29-47(49)58)60-45-27-11-10-26-44(45)53(38-52(60)41-24-8-3-9-25-41)50-35-19-37-55-56(50)51-32-16-17-36-54(51)61-55/h1-38H. The van der Waals surface area contributed by atoms with Crippen LogP contribution in [-0.4, -0.2) is 0 Å². The molecular weight excluding hydrogens is 737 g/mol. The van der Waals surface area contributed by atoms with E-state index in [1.807, 2.05) is 6.07 Å². The van der Waals surface area contributed by atoms with Crippen LogP contribution in [0.15, 0.2) is 235 Å². The van der Waals surface area contributed by atoms with E-state index < -0.39 is 0 Å². The van der Waals surface area contributed by atoms with Crippen LogP contribution in [0.3, 0.4) is 0 Å². The SMILES string of the molecule is c1ccc(-c2cccc(-c3ccccc3)c2-c2c3ccccc3c(-c3c(-c4ccccc4)cc(-c4cccc5oc6ccccc6c45)c4ccccc34)c3ccccc23)cc1. The Hall–Kier alpha value is -8.00. The van der Waals surface area contributed by atoms with E-state index in [2.05, 4.69) is 224 Å². The van der Waals surface area contributed by atoms with E-state index >= 15 is 0 Å². The molecule has 0 N–H and O–H groups in total. The summed E-state index contributed by atoms with van der Waals surface area (Å²) in [6.07, 6.45) is 0. The van der Waals surface area contributed by atoms with Gasteiger partial charge in [0.05, 0.1) is 0 Å². The molecule has 284 valence electrons. The molecule has 0 saturated heterocycles. The van der Waals surface area contributed by atoms with Crippen molar-refractivity contribution in [3.05, 3.63) is 231 Å². The molecule has 0 atom stereocenters. The van der Waals surface area contributed by atoms with Crippen LogP contribution in [0, 0.1) is 0 Å². The summed E-state index contributed by atoms with van der Waals surface area (Å²) in [5.41, 5.74) is 16.3. The fourth-order valence-electron chi connectivity index (χ4n) is 9.92. The normalized spacial score (nSPS) is 11.6. The fourth-order valence-corrected chi connectivity index (χ4v) is 9.92. The number of para-hydroxylation sites is 1. The van der Waals surface area contributed by atoms with Gasteiger partial charge in [0.1, 0.15) is 11.2 Å². The number of rotatable bonds is 6. The molecule has 0 amide bonds. The van der Waals surface area contributed by atoms with Crippen LogP contribution in [-0.2, 0) is 0 Å². The molecule has 0 radical (unpaired) electrons. The van der Waals surface area contributed by atoms with Gasteiger partial charge in [0.25, 0.3) is 0 Å². The molecule has 12 aromatic rings. The van der Waals surface area contributed by atoms with Gasteiger partial charge in [0.2, 0.25) is 0 Å². The van der Waals surface area contributed by atoms with Crippen LogP contribution >= 0.6 is 0 Å². The summed E-state index contributed by atoms with van der Waals surface area (Å²) in [7, 11) is 0. The second-order valence-electron chi connectivity index (χ2n) is 15.8. The zero-order valence-electron chi connectivity index (χ0n) is 33.3. The maximum absolute atomic E-state index is 6.45. The van der Waals surface area contributed by atoms with Gasteiger partial charge in [0.15, 0.2) is 0 Å². The van der Waals surface area contributed by atoms with E-state index in [-0.39, 0.29) is 0 Å². The first-order valence-electron chi connectivity index (χ1n) is 21.0. The molecule has 0 bridgehead atoms. The Labute approximate surface area is 354 Å². The Kier molecular flexibility index (Phi) is 8.25. The summed E-state index contributed by atoms with van der Waals surface area (Å²) in [6, 6.07) is 83.9. The highest BCUT2D eigenvalue weighted by Gasteiger charge is 2.26. The average molecular weight is 775 g/mol. The van der Waals surface area contributed by atoms with Gasteiger partial charge in [-0.25, -0.2) is 0 Å². The number of hydrogen-bond acceptors (Lipinski definition) is 1. The lowest BCUT2D eigenvalue weighted by Crippen LogP contribution is -1.97. The smallest absolute Gasteiger partial charge is 0.136 e. The Bertz CT molecular complexity index is 3500. The number of benzene rings is 11. The van der Waals surface area contributed by atoms with Crippen LogP contribution < -0.4 is 0 Å². The van der Waals surface area contributed by atoms with Crippen LogP contribution in [0.4, 0.5) is 0 Å². The third-order valence-electron chi connectivity index (χ3n) is 12.5. The molecule has 1 heteroatoms. The molecule has 0 spiro atoms. The predicted octanol–water partition coefficient (Wildman–Crippen LogP) is 17.0. The summed E-state index contributed by atoms with van der Waals surface area (Å²) in [5.74, 6) is 0. The van der Waals surface area contributed by atoms with Crippen molar-refractivity contribution >= 4 is 54.3 Å². The lowest BCUT2D eigenvalue weighted by atomic mass is 9.78. The Morgan fingerprint density at radius 2 is 0.590 bits per heavy atom. The molecule has 0 saturated carbocycles. The van der Waals surface area contributed by atoms with E-state index in [0.717, 1.165) is 21.9 Å². The molecule has 1 aromatic heterocycles. The Morgan fingerprint density at radius 1 is 0.213 bits per heavy atom. The van der Waals surface area contributed by atoms with E-state index in [4.69, 9.17) is 4.42 Å². The van der Waals surface area contributed by atoms with Crippen LogP contribution in [0.2, 0.25) is 0 Å². The van der Waals surface area contributed by atoms with E-state index in [1.54, 1.807) is 0 Å². The first-order chi connectivity index (χ1) is 30.3. The predicted molar refractivity (Wildman–Crippen MR) is 259 cm³/mol. The van der Waals surface area contributed by atoms with Crippen LogP contribution in [0.5, 0.6) is 0 Å². The summed E-state index contributed by atoms with van der Waals surface area (Å²) in [5, 5.41) is 9.56. The van der Waals surface area contributed by atoms with Gasteiger partial charge in [-0.05, 0) is 117 Å². The first-order valence-corrected chi connectivity index (χ1v) is 21.0. The van der Waals surface area contributed by atoms with Crippen molar-refractivity contribution in [2.24, 2.45) is 0 Å². The van der Waals surface area contributed by atoms with Crippen molar-refractivity contribution in [3.8, 4) is 66.8 Å². The second-order valence-corrected chi connectivity index (χ2v) is 15.8. The van der Waals surface area contributed by atoms with Crippen molar-refractivity contribution in [1.82, 2.24) is 0 Å². The zero-order valence-corrected chi connectivity index (χ0v) is 33.3.